The summed E-state index contributed by atoms with van der Waals surface area (Å²) in [5, 5.41) is 13.6. The highest BCUT2D eigenvalue weighted by Gasteiger charge is 2.05. The molecule has 2 aromatic heterocycles. The van der Waals surface area contributed by atoms with Crippen LogP contribution in [0, 0.1) is 0 Å². The molecule has 0 atom stereocenters. The van der Waals surface area contributed by atoms with Crippen molar-refractivity contribution in [2.75, 3.05) is 5.43 Å². The van der Waals surface area contributed by atoms with E-state index in [0.29, 0.717) is 11.2 Å². The molecule has 3 aromatic rings. The van der Waals surface area contributed by atoms with Gasteiger partial charge in [-0.15, -0.1) is 0 Å². The zero-order valence-electron chi connectivity index (χ0n) is 10.5. The van der Waals surface area contributed by atoms with Crippen LogP contribution in [0.4, 0.5) is 5.95 Å². The highest BCUT2D eigenvalue weighted by atomic mass is 79.9. The van der Waals surface area contributed by atoms with Gasteiger partial charge in [-0.3, -0.25) is 4.79 Å². The van der Waals surface area contributed by atoms with Crippen molar-refractivity contribution in [2.45, 2.75) is 0 Å². The maximum absolute atomic E-state index is 11.5. The lowest BCUT2D eigenvalue weighted by Gasteiger charge is -1.99. The summed E-state index contributed by atoms with van der Waals surface area (Å²) < 4.78 is 0.821. The summed E-state index contributed by atoms with van der Waals surface area (Å²) in [5.41, 5.74) is 3.42. The average Bonchev–Trinajstić information content (AvgIpc) is 2.87. The van der Waals surface area contributed by atoms with Crippen molar-refractivity contribution in [3.8, 4) is 5.75 Å². The van der Waals surface area contributed by atoms with Gasteiger partial charge in [0, 0.05) is 10.0 Å². The lowest BCUT2D eigenvalue weighted by molar-refractivity contribution is 0.474. The Morgan fingerprint density at radius 2 is 2.29 bits per heavy atom. The molecule has 0 amide bonds. The number of aromatic amines is 2. The number of H-pyrrole nitrogens is 2. The normalized spacial score (nSPS) is 11.3. The van der Waals surface area contributed by atoms with Crippen LogP contribution in [0.3, 0.4) is 0 Å². The van der Waals surface area contributed by atoms with Crippen molar-refractivity contribution in [1.29, 1.82) is 0 Å². The van der Waals surface area contributed by atoms with Gasteiger partial charge >= 0.3 is 0 Å². The Morgan fingerprint density at radius 1 is 1.43 bits per heavy atom. The molecule has 0 aliphatic rings. The fourth-order valence-corrected chi connectivity index (χ4v) is 2.06. The highest BCUT2D eigenvalue weighted by molar-refractivity contribution is 9.10. The number of nitrogens with one attached hydrogen (secondary N) is 3. The first-order chi connectivity index (χ1) is 10.1. The molecule has 0 saturated heterocycles. The van der Waals surface area contributed by atoms with E-state index in [9.17, 15) is 9.90 Å². The van der Waals surface area contributed by atoms with Gasteiger partial charge in [-0.1, -0.05) is 15.9 Å². The standard InChI is InChI=1S/C12H9BrN6O2/c13-7-1-2-8(20)6(3-7)4-16-19-12-17-9-10(18-12)14-5-15-11(9)21/h1-5,20H,(H3,14,15,17,18,19,21). The third-order valence-corrected chi connectivity index (χ3v) is 3.15. The summed E-state index contributed by atoms with van der Waals surface area (Å²) in [6.45, 7) is 0. The fraction of sp³-hybridized carbons (Fsp3) is 0. The number of benzene rings is 1. The van der Waals surface area contributed by atoms with Gasteiger partial charge in [0.05, 0.1) is 12.5 Å². The molecular weight excluding hydrogens is 340 g/mol. The second-order valence-corrected chi connectivity index (χ2v) is 5.00. The second-order valence-electron chi connectivity index (χ2n) is 4.09. The van der Waals surface area contributed by atoms with E-state index in [1.54, 1.807) is 18.2 Å². The van der Waals surface area contributed by atoms with Gasteiger partial charge in [-0.05, 0) is 18.2 Å². The van der Waals surface area contributed by atoms with Crippen LogP contribution in [0.15, 0.2) is 38.9 Å². The Kier molecular flexibility index (Phi) is 3.40. The van der Waals surface area contributed by atoms with Gasteiger partial charge < -0.3 is 15.1 Å². The predicted octanol–water partition coefficient (Wildman–Crippen LogP) is 1.56. The third-order valence-electron chi connectivity index (χ3n) is 2.66. The molecule has 0 aliphatic heterocycles. The molecule has 9 heteroatoms. The third kappa shape index (κ3) is 2.77. The topological polar surface area (TPSA) is 119 Å². The largest absolute Gasteiger partial charge is 0.507 e. The zero-order chi connectivity index (χ0) is 14.8. The van der Waals surface area contributed by atoms with E-state index in [-0.39, 0.29) is 22.8 Å². The molecule has 0 saturated carbocycles. The van der Waals surface area contributed by atoms with Crippen LogP contribution in [0.1, 0.15) is 5.56 Å². The summed E-state index contributed by atoms with van der Waals surface area (Å²) in [6.07, 6.45) is 2.71. The number of nitrogens with zero attached hydrogens (tertiary/aromatic N) is 3. The Balaban J connectivity index is 1.83. The molecule has 8 nitrogen and oxygen atoms in total. The van der Waals surface area contributed by atoms with Crippen LogP contribution in [-0.4, -0.2) is 31.3 Å². The number of phenolic OH excluding ortho intramolecular Hbond substituents is 1. The molecule has 4 N–H and O–H groups in total. The minimum Gasteiger partial charge on any atom is -0.507 e. The van der Waals surface area contributed by atoms with Gasteiger partial charge in [0.1, 0.15) is 5.75 Å². The van der Waals surface area contributed by atoms with Crippen LogP contribution < -0.4 is 11.0 Å². The molecule has 0 spiro atoms. The van der Waals surface area contributed by atoms with Crippen LogP contribution in [0.25, 0.3) is 11.2 Å². The van der Waals surface area contributed by atoms with Crippen LogP contribution in [0.5, 0.6) is 5.75 Å². The molecule has 0 bridgehead atoms. The number of hydrazone groups is 1. The summed E-state index contributed by atoms with van der Waals surface area (Å²) in [4.78, 5) is 24.7. The van der Waals surface area contributed by atoms with Crippen molar-refractivity contribution in [1.82, 2.24) is 19.9 Å². The predicted molar refractivity (Wildman–Crippen MR) is 81.5 cm³/mol. The lowest BCUT2D eigenvalue weighted by Crippen LogP contribution is -2.05. The number of fused-ring (bicyclic) bond motifs is 1. The molecule has 0 fully saturated rings. The highest BCUT2D eigenvalue weighted by Crippen LogP contribution is 2.20. The van der Waals surface area contributed by atoms with E-state index < -0.39 is 0 Å². The van der Waals surface area contributed by atoms with Crippen molar-refractivity contribution >= 4 is 39.3 Å². The number of aromatic hydroxyl groups is 1. The quantitative estimate of drug-likeness (QED) is 0.423. The van der Waals surface area contributed by atoms with Crippen molar-refractivity contribution in [3.63, 3.8) is 0 Å². The zero-order valence-corrected chi connectivity index (χ0v) is 12.0. The monoisotopic (exact) mass is 348 g/mol. The Labute approximate surface area is 126 Å². The summed E-state index contributed by atoms with van der Waals surface area (Å²) in [7, 11) is 0. The van der Waals surface area contributed by atoms with E-state index >= 15 is 0 Å². The number of imidazole rings is 1. The van der Waals surface area contributed by atoms with Crippen molar-refractivity contribution < 1.29 is 5.11 Å². The van der Waals surface area contributed by atoms with Gasteiger partial charge in [0.15, 0.2) is 11.2 Å². The first-order valence-corrected chi connectivity index (χ1v) is 6.64. The number of halogens is 1. The van der Waals surface area contributed by atoms with Crippen LogP contribution >= 0.6 is 15.9 Å². The van der Waals surface area contributed by atoms with E-state index in [4.69, 9.17) is 0 Å². The Hall–Kier alpha value is -2.68. The fourth-order valence-electron chi connectivity index (χ4n) is 1.68. The smallest absolute Gasteiger partial charge is 0.276 e. The van der Waals surface area contributed by atoms with Crippen LogP contribution in [-0.2, 0) is 0 Å². The van der Waals surface area contributed by atoms with E-state index in [0.717, 1.165) is 4.47 Å². The molecule has 21 heavy (non-hydrogen) atoms. The minimum atomic E-state index is -0.311. The number of hydrogen-bond acceptors (Lipinski definition) is 6. The van der Waals surface area contributed by atoms with Crippen molar-refractivity contribution in [3.05, 3.63) is 44.9 Å². The van der Waals surface area contributed by atoms with Gasteiger partial charge in [-0.2, -0.15) is 10.1 Å². The SMILES string of the molecule is O=c1[nH]cnc2nc(NN=Cc3cc(Br)ccc3O)[nH]c12. The summed E-state index contributed by atoms with van der Waals surface area (Å²) in [5.74, 6) is 0.381. The average molecular weight is 349 g/mol. The molecule has 0 aliphatic carbocycles. The van der Waals surface area contributed by atoms with Gasteiger partial charge in [0.25, 0.3) is 5.56 Å². The Morgan fingerprint density at radius 3 is 3.10 bits per heavy atom. The first kappa shape index (κ1) is 13.3. The summed E-state index contributed by atoms with van der Waals surface area (Å²) >= 11 is 3.31. The molecule has 0 unspecified atom stereocenters. The molecule has 1 aromatic carbocycles. The van der Waals surface area contributed by atoms with E-state index in [1.165, 1.54) is 12.5 Å². The number of rotatable bonds is 3. The van der Waals surface area contributed by atoms with Gasteiger partial charge in [0.2, 0.25) is 5.95 Å². The van der Waals surface area contributed by atoms with Crippen LogP contribution in [0.2, 0.25) is 0 Å². The Bertz CT molecular complexity index is 885. The molecular formula is C12H9BrN6O2. The molecule has 0 radical (unpaired) electrons. The minimum absolute atomic E-state index is 0.103. The first-order valence-electron chi connectivity index (χ1n) is 5.84. The second kappa shape index (κ2) is 5.37. The number of aromatic nitrogens is 4. The number of phenols is 1. The maximum Gasteiger partial charge on any atom is 0.276 e. The maximum atomic E-state index is 11.5. The van der Waals surface area contributed by atoms with Crippen molar-refractivity contribution in [2.24, 2.45) is 5.10 Å². The number of hydrogen-bond donors (Lipinski definition) is 4. The van der Waals surface area contributed by atoms with E-state index in [2.05, 4.69) is 46.4 Å². The van der Waals surface area contributed by atoms with Gasteiger partial charge in [-0.25, -0.2) is 10.4 Å². The van der Waals surface area contributed by atoms with E-state index in [1.807, 2.05) is 0 Å². The number of anilines is 1. The molecule has 106 valence electrons. The summed E-state index contributed by atoms with van der Waals surface area (Å²) in [6, 6.07) is 4.98. The lowest BCUT2D eigenvalue weighted by atomic mass is 10.2. The molecule has 2 heterocycles. The molecule has 3 rings (SSSR count).